The van der Waals surface area contributed by atoms with E-state index in [4.69, 9.17) is 9.47 Å². The van der Waals surface area contributed by atoms with Gasteiger partial charge < -0.3 is 14.6 Å². The second kappa shape index (κ2) is 6.14. The molecule has 0 spiro atoms. The lowest BCUT2D eigenvalue weighted by molar-refractivity contribution is 0.171. The molecular weight excluding hydrogens is 271 g/mol. The molecule has 0 aromatic heterocycles. The van der Waals surface area contributed by atoms with Crippen molar-refractivity contribution < 1.29 is 19.0 Å². The molecular formula is C17H17FO3. The standard InChI is InChI=1S/C17H17FO3/c18-15-4-2-1-3-14(15)13(11-19)9-12-5-6-16-17(10-12)21-8-7-20-16/h1-6,10,13,19H,7-9,11H2. The average Bonchev–Trinajstić information content (AvgIpc) is 2.53. The summed E-state index contributed by atoms with van der Waals surface area (Å²) < 4.78 is 24.9. The van der Waals surface area contributed by atoms with Gasteiger partial charge in [0.2, 0.25) is 0 Å². The quantitative estimate of drug-likeness (QED) is 0.940. The van der Waals surface area contributed by atoms with Crippen LogP contribution in [-0.4, -0.2) is 24.9 Å². The van der Waals surface area contributed by atoms with Gasteiger partial charge in [-0.1, -0.05) is 24.3 Å². The third-order valence-electron chi connectivity index (χ3n) is 3.65. The fraction of sp³-hybridized carbons (Fsp3) is 0.294. The largest absolute Gasteiger partial charge is 0.486 e. The van der Waals surface area contributed by atoms with Crippen molar-refractivity contribution in [1.29, 1.82) is 0 Å². The predicted octanol–water partition coefficient (Wildman–Crippen LogP) is 2.92. The van der Waals surface area contributed by atoms with Gasteiger partial charge in [-0.2, -0.15) is 0 Å². The monoisotopic (exact) mass is 288 g/mol. The first-order chi connectivity index (χ1) is 10.3. The van der Waals surface area contributed by atoms with Crippen LogP contribution in [0, 0.1) is 5.82 Å². The maximum atomic E-state index is 13.8. The van der Waals surface area contributed by atoms with Gasteiger partial charge in [0.1, 0.15) is 19.0 Å². The number of ether oxygens (including phenoxy) is 2. The molecule has 4 heteroatoms. The van der Waals surface area contributed by atoms with E-state index in [1.54, 1.807) is 18.2 Å². The smallest absolute Gasteiger partial charge is 0.161 e. The van der Waals surface area contributed by atoms with Crippen LogP contribution in [0.15, 0.2) is 42.5 Å². The molecule has 0 amide bonds. The topological polar surface area (TPSA) is 38.7 Å². The molecule has 1 unspecified atom stereocenters. The molecule has 1 atom stereocenters. The molecule has 0 saturated carbocycles. The minimum atomic E-state index is -0.283. The van der Waals surface area contributed by atoms with E-state index >= 15 is 0 Å². The van der Waals surface area contributed by atoms with Crippen LogP contribution in [0.5, 0.6) is 11.5 Å². The molecule has 110 valence electrons. The van der Waals surface area contributed by atoms with Crippen LogP contribution >= 0.6 is 0 Å². The first-order valence-electron chi connectivity index (χ1n) is 7.01. The molecule has 0 aliphatic carbocycles. The Bertz CT molecular complexity index is 627. The van der Waals surface area contributed by atoms with E-state index in [2.05, 4.69) is 0 Å². The number of aliphatic hydroxyl groups excluding tert-OH is 1. The van der Waals surface area contributed by atoms with Crippen LogP contribution in [-0.2, 0) is 6.42 Å². The van der Waals surface area contributed by atoms with Gasteiger partial charge in [0, 0.05) is 5.92 Å². The van der Waals surface area contributed by atoms with Crippen LogP contribution in [0.1, 0.15) is 17.0 Å². The second-order valence-electron chi connectivity index (χ2n) is 5.08. The van der Waals surface area contributed by atoms with Crippen LogP contribution < -0.4 is 9.47 Å². The number of aliphatic hydroxyl groups is 1. The van der Waals surface area contributed by atoms with Crippen molar-refractivity contribution in [2.45, 2.75) is 12.3 Å². The van der Waals surface area contributed by atoms with E-state index in [0.29, 0.717) is 30.9 Å². The Hall–Kier alpha value is -2.07. The summed E-state index contributed by atoms with van der Waals surface area (Å²) in [4.78, 5) is 0. The van der Waals surface area contributed by atoms with Crippen LogP contribution in [0.25, 0.3) is 0 Å². The van der Waals surface area contributed by atoms with Gasteiger partial charge in [0.05, 0.1) is 6.61 Å². The summed E-state index contributed by atoms with van der Waals surface area (Å²) >= 11 is 0. The molecule has 1 heterocycles. The van der Waals surface area contributed by atoms with Crippen LogP contribution in [0.4, 0.5) is 4.39 Å². The minimum Gasteiger partial charge on any atom is -0.486 e. The predicted molar refractivity (Wildman–Crippen MR) is 77.4 cm³/mol. The van der Waals surface area contributed by atoms with Crippen molar-refractivity contribution in [3.63, 3.8) is 0 Å². The second-order valence-corrected chi connectivity index (χ2v) is 5.08. The zero-order valence-corrected chi connectivity index (χ0v) is 11.6. The van der Waals surface area contributed by atoms with Gasteiger partial charge in [-0.15, -0.1) is 0 Å². The SMILES string of the molecule is OCC(Cc1ccc2c(c1)OCCO2)c1ccccc1F. The van der Waals surface area contributed by atoms with Gasteiger partial charge in [-0.25, -0.2) is 4.39 Å². The number of halogens is 1. The minimum absolute atomic E-state index is 0.102. The van der Waals surface area contributed by atoms with E-state index in [1.807, 2.05) is 18.2 Å². The van der Waals surface area contributed by atoms with E-state index in [9.17, 15) is 9.50 Å². The summed E-state index contributed by atoms with van der Waals surface area (Å²) in [6, 6.07) is 12.3. The van der Waals surface area contributed by atoms with Crippen molar-refractivity contribution in [2.24, 2.45) is 0 Å². The van der Waals surface area contributed by atoms with Gasteiger partial charge in [0.15, 0.2) is 11.5 Å². The summed E-state index contributed by atoms with van der Waals surface area (Å²) in [5.74, 6) is 0.892. The van der Waals surface area contributed by atoms with Crippen molar-refractivity contribution in [1.82, 2.24) is 0 Å². The van der Waals surface area contributed by atoms with Crippen molar-refractivity contribution in [3.8, 4) is 11.5 Å². The molecule has 21 heavy (non-hydrogen) atoms. The molecule has 2 aromatic rings. The Morgan fingerprint density at radius 2 is 1.81 bits per heavy atom. The summed E-state index contributed by atoms with van der Waals surface area (Å²) in [7, 11) is 0. The normalized spacial score (nSPS) is 14.8. The fourth-order valence-corrected chi connectivity index (χ4v) is 2.58. The Balaban J connectivity index is 1.83. The number of hydrogen-bond donors (Lipinski definition) is 1. The first kappa shape index (κ1) is 13.9. The van der Waals surface area contributed by atoms with Gasteiger partial charge >= 0.3 is 0 Å². The molecule has 0 bridgehead atoms. The average molecular weight is 288 g/mol. The third-order valence-corrected chi connectivity index (χ3v) is 3.65. The molecule has 1 N–H and O–H groups in total. The highest BCUT2D eigenvalue weighted by molar-refractivity contribution is 5.44. The van der Waals surface area contributed by atoms with E-state index < -0.39 is 0 Å². The van der Waals surface area contributed by atoms with Crippen molar-refractivity contribution in [2.75, 3.05) is 19.8 Å². The molecule has 2 aromatic carbocycles. The van der Waals surface area contributed by atoms with Crippen LogP contribution in [0.3, 0.4) is 0 Å². The van der Waals surface area contributed by atoms with Gasteiger partial charge in [-0.05, 0) is 35.7 Å². The Morgan fingerprint density at radius 3 is 2.57 bits per heavy atom. The molecule has 3 nitrogen and oxygen atoms in total. The van der Waals surface area contributed by atoms with Crippen molar-refractivity contribution >= 4 is 0 Å². The Labute approximate surface area is 122 Å². The Morgan fingerprint density at radius 1 is 1.05 bits per heavy atom. The number of fused-ring (bicyclic) bond motifs is 1. The van der Waals surface area contributed by atoms with Gasteiger partial charge in [-0.3, -0.25) is 0 Å². The maximum Gasteiger partial charge on any atom is 0.161 e. The summed E-state index contributed by atoms with van der Waals surface area (Å²) in [6.07, 6.45) is 0.550. The van der Waals surface area contributed by atoms with E-state index in [-0.39, 0.29) is 18.3 Å². The summed E-state index contributed by atoms with van der Waals surface area (Å²) in [6.45, 7) is 0.989. The lowest BCUT2D eigenvalue weighted by Crippen LogP contribution is -2.16. The molecule has 1 aliphatic rings. The number of hydrogen-bond acceptors (Lipinski definition) is 3. The molecule has 0 saturated heterocycles. The first-order valence-corrected chi connectivity index (χ1v) is 7.01. The highest BCUT2D eigenvalue weighted by Crippen LogP contribution is 2.32. The zero-order valence-electron chi connectivity index (χ0n) is 11.6. The van der Waals surface area contributed by atoms with E-state index in [0.717, 1.165) is 11.3 Å². The molecule has 1 aliphatic heterocycles. The maximum absolute atomic E-state index is 13.8. The number of benzene rings is 2. The summed E-state index contributed by atoms with van der Waals surface area (Å²) in [5.41, 5.74) is 1.52. The lowest BCUT2D eigenvalue weighted by Gasteiger charge is -2.20. The molecule has 0 fully saturated rings. The number of rotatable bonds is 4. The van der Waals surface area contributed by atoms with E-state index in [1.165, 1.54) is 6.07 Å². The molecule has 0 radical (unpaired) electrons. The zero-order chi connectivity index (χ0) is 14.7. The fourth-order valence-electron chi connectivity index (χ4n) is 2.58. The molecule has 3 rings (SSSR count). The van der Waals surface area contributed by atoms with Crippen LogP contribution in [0.2, 0.25) is 0 Å². The Kier molecular flexibility index (Phi) is 4.06. The lowest BCUT2D eigenvalue weighted by atomic mass is 9.92. The highest BCUT2D eigenvalue weighted by Gasteiger charge is 2.17. The highest BCUT2D eigenvalue weighted by atomic mass is 19.1. The van der Waals surface area contributed by atoms with Gasteiger partial charge in [0.25, 0.3) is 0 Å². The third kappa shape index (κ3) is 3.00. The summed E-state index contributed by atoms with van der Waals surface area (Å²) in [5, 5.41) is 9.58. The van der Waals surface area contributed by atoms with Crippen molar-refractivity contribution in [3.05, 3.63) is 59.4 Å².